The molecule has 22 heavy (non-hydrogen) atoms. The molecule has 0 aromatic heterocycles. The number of aromatic carboxylic acids is 1. The lowest BCUT2D eigenvalue weighted by molar-refractivity contribution is -0.110. The Morgan fingerprint density at radius 1 is 1.14 bits per heavy atom. The number of fused-ring (bicyclic) bond motifs is 1. The monoisotopic (exact) mass is 333 g/mol. The van der Waals surface area contributed by atoms with E-state index >= 15 is 0 Å². The summed E-state index contributed by atoms with van der Waals surface area (Å²) in [6, 6.07) is 9.42. The van der Waals surface area contributed by atoms with E-state index < -0.39 is 5.97 Å². The highest BCUT2D eigenvalue weighted by atomic mass is 35.5. The van der Waals surface area contributed by atoms with Crippen molar-refractivity contribution in [3.63, 3.8) is 0 Å². The van der Waals surface area contributed by atoms with Crippen LogP contribution >= 0.6 is 23.2 Å². The molecule has 1 heterocycles. The third-order valence-electron chi connectivity index (χ3n) is 3.31. The van der Waals surface area contributed by atoms with Crippen molar-refractivity contribution in [2.24, 2.45) is 0 Å². The van der Waals surface area contributed by atoms with Gasteiger partial charge in [-0.05, 0) is 42.0 Å². The van der Waals surface area contributed by atoms with E-state index in [9.17, 15) is 9.59 Å². The molecule has 0 bridgehead atoms. The third kappa shape index (κ3) is 2.58. The molecule has 3 rings (SSSR count). The zero-order valence-electron chi connectivity index (χ0n) is 11.1. The van der Waals surface area contributed by atoms with Crippen molar-refractivity contribution < 1.29 is 14.7 Å². The molecule has 2 aromatic carbocycles. The Morgan fingerprint density at radius 2 is 1.91 bits per heavy atom. The number of hydrogen-bond acceptors (Lipinski definition) is 2. The van der Waals surface area contributed by atoms with Crippen LogP contribution in [0.3, 0.4) is 0 Å². The summed E-state index contributed by atoms with van der Waals surface area (Å²) in [5.41, 5.74) is 2.22. The van der Waals surface area contributed by atoms with Crippen molar-refractivity contribution in [2.75, 3.05) is 5.32 Å². The Kier molecular flexibility index (Phi) is 3.64. The molecule has 0 saturated heterocycles. The number of nitrogens with one attached hydrogen (secondary N) is 1. The first-order valence-corrected chi connectivity index (χ1v) is 7.07. The fraction of sp³-hybridized carbons (Fsp3) is 0. The highest BCUT2D eigenvalue weighted by Gasteiger charge is 2.25. The van der Waals surface area contributed by atoms with Gasteiger partial charge in [0.15, 0.2) is 0 Å². The predicted molar refractivity (Wildman–Crippen MR) is 86.4 cm³/mol. The number of halogens is 2. The molecule has 4 nitrogen and oxygen atoms in total. The molecular weight excluding hydrogens is 325 g/mol. The molecule has 0 unspecified atom stereocenters. The van der Waals surface area contributed by atoms with Crippen LogP contribution in [0, 0.1) is 0 Å². The summed E-state index contributed by atoms with van der Waals surface area (Å²) in [5, 5.41) is 12.7. The lowest BCUT2D eigenvalue weighted by atomic mass is 10.0. The summed E-state index contributed by atoms with van der Waals surface area (Å²) in [5.74, 6) is -1.35. The molecule has 1 aliphatic rings. The first-order chi connectivity index (χ1) is 10.5. The van der Waals surface area contributed by atoms with Gasteiger partial charge in [-0.2, -0.15) is 0 Å². The lowest BCUT2D eigenvalue weighted by Gasteiger charge is -2.03. The zero-order chi connectivity index (χ0) is 15.9. The third-order valence-corrected chi connectivity index (χ3v) is 3.87. The van der Waals surface area contributed by atoms with Crippen LogP contribution in [0.25, 0.3) is 11.6 Å². The van der Waals surface area contributed by atoms with E-state index in [2.05, 4.69) is 5.32 Å². The summed E-state index contributed by atoms with van der Waals surface area (Å²) < 4.78 is 0. The van der Waals surface area contributed by atoms with Gasteiger partial charge < -0.3 is 10.4 Å². The Balaban J connectivity index is 2.13. The minimum absolute atomic E-state index is 0.114. The average molecular weight is 334 g/mol. The standard InChI is InChI=1S/C16H9Cl2NO3/c17-10-3-1-8(13(18)7-10)5-12-11-6-9(16(21)22)2-4-14(11)19-15(12)20/h1-7H,(H,19,20)(H,21,22)/b12-5+. The molecule has 1 aliphatic heterocycles. The summed E-state index contributed by atoms with van der Waals surface area (Å²) in [4.78, 5) is 23.2. The Labute approximate surface area is 136 Å². The minimum atomic E-state index is -1.05. The van der Waals surface area contributed by atoms with Crippen LogP contribution in [0.4, 0.5) is 5.69 Å². The zero-order valence-corrected chi connectivity index (χ0v) is 12.6. The first-order valence-electron chi connectivity index (χ1n) is 6.31. The van der Waals surface area contributed by atoms with Gasteiger partial charge in [-0.3, -0.25) is 4.79 Å². The van der Waals surface area contributed by atoms with Crippen LogP contribution in [0.2, 0.25) is 10.0 Å². The smallest absolute Gasteiger partial charge is 0.335 e. The second-order valence-electron chi connectivity index (χ2n) is 4.74. The number of hydrogen-bond donors (Lipinski definition) is 2. The Bertz CT molecular complexity index is 843. The number of carbonyl (C=O) groups excluding carboxylic acids is 1. The van der Waals surface area contributed by atoms with E-state index in [4.69, 9.17) is 28.3 Å². The lowest BCUT2D eigenvalue weighted by Crippen LogP contribution is -2.03. The summed E-state index contributed by atoms with van der Waals surface area (Å²) >= 11 is 12.0. The number of carbonyl (C=O) groups is 2. The fourth-order valence-electron chi connectivity index (χ4n) is 2.24. The topological polar surface area (TPSA) is 66.4 Å². The Hall–Kier alpha value is -2.30. The van der Waals surface area contributed by atoms with Crippen molar-refractivity contribution >= 4 is 52.4 Å². The second-order valence-corrected chi connectivity index (χ2v) is 5.59. The molecule has 2 aromatic rings. The summed E-state index contributed by atoms with van der Waals surface area (Å²) in [7, 11) is 0. The second kappa shape index (κ2) is 5.48. The highest BCUT2D eigenvalue weighted by molar-refractivity contribution is 6.38. The molecule has 2 N–H and O–H groups in total. The Morgan fingerprint density at radius 3 is 2.59 bits per heavy atom. The number of anilines is 1. The van der Waals surface area contributed by atoms with Crippen LogP contribution in [-0.2, 0) is 4.79 Å². The van der Waals surface area contributed by atoms with E-state index in [1.165, 1.54) is 12.1 Å². The van der Waals surface area contributed by atoms with E-state index in [0.29, 0.717) is 32.4 Å². The molecule has 0 atom stereocenters. The van der Waals surface area contributed by atoms with Gasteiger partial charge in [0, 0.05) is 26.9 Å². The van der Waals surface area contributed by atoms with Crippen molar-refractivity contribution in [2.45, 2.75) is 0 Å². The van der Waals surface area contributed by atoms with Crippen molar-refractivity contribution in [1.29, 1.82) is 0 Å². The van der Waals surface area contributed by atoms with Gasteiger partial charge in [-0.25, -0.2) is 4.79 Å². The minimum Gasteiger partial charge on any atom is -0.478 e. The van der Waals surface area contributed by atoms with Crippen LogP contribution in [0.1, 0.15) is 21.5 Å². The van der Waals surface area contributed by atoms with Crippen molar-refractivity contribution in [3.05, 3.63) is 63.1 Å². The quantitative estimate of drug-likeness (QED) is 0.810. The van der Waals surface area contributed by atoms with Crippen LogP contribution in [0.5, 0.6) is 0 Å². The molecule has 0 radical (unpaired) electrons. The van der Waals surface area contributed by atoms with E-state index in [0.717, 1.165) is 0 Å². The maximum absolute atomic E-state index is 12.1. The predicted octanol–water partition coefficient (Wildman–Crippen LogP) is 4.18. The molecular formula is C16H9Cl2NO3. The van der Waals surface area contributed by atoms with Gasteiger partial charge in [0.25, 0.3) is 5.91 Å². The molecule has 1 amide bonds. The van der Waals surface area contributed by atoms with Crippen LogP contribution in [0.15, 0.2) is 36.4 Å². The average Bonchev–Trinajstić information content (AvgIpc) is 2.77. The van der Waals surface area contributed by atoms with Gasteiger partial charge in [-0.1, -0.05) is 29.3 Å². The fourth-order valence-corrected chi connectivity index (χ4v) is 2.70. The van der Waals surface area contributed by atoms with E-state index in [-0.39, 0.29) is 11.5 Å². The van der Waals surface area contributed by atoms with Gasteiger partial charge in [0.1, 0.15) is 0 Å². The van der Waals surface area contributed by atoms with E-state index in [1.807, 2.05) is 0 Å². The molecule has 6 heteroatoms. The van der Waals surface area contributed by atoms with Gasteiger partial charge in [-0.15, -0.1) is 0 Å². The molecule has 110 valence electrons. The largest absolute Gasteiger partial charge is 0.478 e. The number of carboxylic acids is 1. The van der Waals surface area contributed by atoms with Crippen LogP contribution in [-0.4, -0.2) is 17.0 Å². The molecule has 0 spiro atoms. The SMILES string of the molecule is O=C1Nc2ccc(C(=O)O)cc2/C1=C\c1ccc(Cl)cc1Cl. The number of amides is 1. The normalized spacial score (nSPS) is 14.8. The molecule has 0 aliphatic carbocycles. The summed E-state index contributed by atoms with van der Waals surface area (Å²) in [6.07, 6.45) is 1.62. The van der Waals surface area contributed by atoms with E-state index in [1.54, 1.807) is 30.3 Å². The molecule has 0 fully saturated rings. The van der Waals surface area contributed by atoms with Crippen molar-refractivity contribution in [1.82, 2.24) is 0 Å². The number of benzene rings is 2. The van der Waals surface area contributed by atoms with Crippen molar-refractivity contribution in [3.8, 4) is 0 Å². The summed E-state index contributed by atoms with van der Waals surface area (Å²) in [6.45, 7) is 0. The number of carboxylic acid groups (broad SMARTS) is 1. The molecule has 0 saturated carbocycles. The maximum atomic E-state index is 12.1. The van der Waals surface area contributed by atoms with Gasteiger partial charge >= 0.3 is 5.97 Å². The number of rotatable bonds is 2. The highest BCUT2D eigenvalue weighted by Crippen LogP contribution is 2.35. The van der Waals surface area contributed by atoms with Crippen LogP contribution < -0.4 is 5.32 Å². The van der Waals surface area contributed by atoms with Gasteiger partial charge in [0.2, 0.25) is 0 Å². The van der Waals surface area contributed by atoms with Gasteiger partial charge in [0.05, 0.1) is 5.56 Å². The first kappa shape index (κ1) is 14.6. The maximum Gasteiger partial charge on any atom is 0.335 e.